The third kappa shape index (κ3) is 12.6. The van der Waals surface area contributed by atoms with Gasteiger partial charge in [0.15, 0.2) is 5.96 Å². The summed E-state index contributed by atoms with van der Waals surface area (Å²) >= 11 is 0. The van der Waals surface area contributed by atoms with E-state index in [2.05, 4.69) is 36.4 Å². The first-order valence-electron chi connectivity index (χ1n) is 8.42. The number of nitrogens with one attached hydrogen (secondary N) is 2. The van der Waals surface area contributed by atoms with E-state index in [1.165, 1.54) is 0 Å². The number of hydrogen-bond acceptors (Lipinski definition) is 4. The molecule has 0 radical (unpaired) electrons. The fourth-order valence-corrected chi connectivity index (χ4v) is 1.83. The summed E-state index contributed by atoms with van der Waals surface area (Å²) < 4.78 is 16.3. The van der Waals surface area contributed by atoms with Crippen LogP contribution in [-0.2, 0) is 16.1 Å². The topological polar surface area (TPSA) is 68.0 Å². The molecule has 0 bridgehead atoms. The Bertz CT molecular complexity index is 411. The van der Waals surface area contributed by atoms with E-state index in [0.717, 1.165) is 44.4 Å². The highest BCUT2D eigenvalue weighted by molar-refractivity contribution is 14.0. The van der Waals surface area contributed by atoms with Crippen molar-refractivity contribution in [1.82, 2.24) is 10.6 Å². The van der Waals surface area contributed by atoms with Gasteiger partial charge in [-0.15, -0.1) is 24.0 Å². The van der Waals surface area contributed by atoms with Gasteiger partial charge in [-0.3, -0.25) is 4.99 Å². The number of nitrogens with zero attached hydrogens (tertiary/aromatic N) is 1. The highest BCUT2D eigenvalue weighted by Crippen LogP contribution is 2.01. The van der Waals surface area contributed by atoms with Gasteiger partial charge in [-0.05, 0) is 31.4 Å². The second kappa shape index (κ2) is 15.7. The molecule has 0 aliphatic heterocycles. The highest BCUT2D eigenvalue weighted by Gasteiger charge is 1.98. The zero-order valence-electron chi connectivity index (χ0n) is 15.0. The Kier molecular flexibility index (Phi) is 15.2. The summed E-state index contributed by atoms with van der Waals surface area (Å²) in [7, 11) is 0. The van der Waals surface area contributed by atoms with Gasteiger partial charge >= 0.3 is 0 Å². The lowest BCUT2D eigenvalue weighted by Gasteiger charge is -2.12. The Hall–Kier alpha value is -0.800. The molecule has 0 amide bonds. The van der Waals surface area contributed by atoms with E-state index in [1.54, 1.807) is 6.26 Å². The van der Waals surface area contributed by atoms with Gasteiger partial charge in [0.25, 0.3) is 0 Å². The summed E-state index contributed by atoms with van der Waals surface area (Å²) in [5, 5.41) is 6.49. The van der Waals surface area contributed by atoms with E-state index in [4.69, 9.17) is 13.9 Å². The van der Waals surface area contributed by atoms with Crippen LogP contribution >= 0.6 is 24.0 Å². The largest absolute Gasteiger partial charge is 0.467 e. The minimum Gasteiger partial charge on any atom is -0.467 e. The number of rotatable bonds is 12. The Balaban J connectivity index is 0.00000529. The van der Waals surface area contributed by atoms with Gasteiger partial charge in [-0.25, -0.2) is 0 Å². The van der Waals surface area contributed by atoms with Gasteiger partial charge in [0.2, 0.25) is 0 Å². The van der Waals surface area contributed by atoms with E-state index in [0.29, 0.717) is 25.7 Å². The second-order valence-electron chi connectivity index (χ2n) is 5.64. The molecule has 24 heavy (non-hydrogen) atoms. The van der Waals surface area contributed by atoms with Crippen LogP contribution in [-0.4, -0.2) is 45.4 Å². The Morgan fingerprint density at radius 3 is 2.75 bits per heavy atom. The Morgan fingerprint density at radius 1 is 1.25 bits per heavy atom. The third-order valence-corrected chi connectivity index (χ3v) is 2.88. The van der Waals surface area contributed by atoms with Gasteiger partial charge in [-0.1, -0.05) is 13.8 Å². The maximum absolute atomic E-state index is 5.54. The third-order valence-electron chi connectivity index (χ3n) is 2.88. The number of ether oxygens (including phenoxy) is 2. The standard InChI is InChI=1S/C17H31N3O3.HI/c1-4-18-17(20-9-12-22-13-15(2)3)19-8-6-10-21-14-16-7-5-11-23-16;/h5,7,11,15H,4,6,8-10,12-14H2,1-3H3,(H2,18,19,20);1H. The summed E-state index contributed by atoms with van der Waals surface area (Å²) in [6.45, 7) is 11.3. The van der Waals surface area contributed by atoms with Gasteiger partial charge in [0.1, 0.15) is 12.4 Å². The molecule has 0 spiro atoms. The molecule has 1 rings (SSSR count). The summed E-state index contributed by atoms with van der Waals surface area (Å²) in [5.74, 6) is 2.25. The fraction of sp³-hybridized carbons (Fsp3) is 0.706. The molecule has 0 saturated heterocycles. The second-order valence-corrected chi connectivity index (χ2v) is 5.64. The first-order valence-corrected chi connectivity index (χ1v) is 8.42. The molecule has 1 aromatic rings. The number of furan rings is 1. The maximum atomic E-state index is 5.54. The van der Waals surface area contributed by atoms with Crippen molar-refractivity contribution >= 4 is 29.9 Å². The molecule has 0 unspecified atom stereocenters. The fourth-order valence-electron chi connectivity index (χ4n) is 1.83. The number of aliphatic imine (C=N–C) groups is 1. The van der Waals surface area contributed by atoms with Crippen LogP contribution < -0.4 is 10.6 Å². The van der Waals surface area contributed by atoms with Crippen LogP contribution in [0.1, 0.15) is 33.0 Å². The van der Waals surface area contributed by atoms with E-state index in [9.17, 15) is 0 Å². The quantitative estimate of drug-likeness (QED) is 0.221. The van der Waals surface area contributed by atoms with Crippen molar-refractivity contribution in [1.29, 1.82) is 0 Å². The zero-order chi connectivity index (χ0) is 16.8. The molecule has 1 aromatic heterocycles. The normalized spacial score (nSPS) is 11.4. The molecule has 6 nitrogen and oxygen atoms in total. The first kappa shape index (κ1) is 23.2. The molecule has 0 aliphatic carbocycles. The molecule has 0 atom stereocenters. The lowest BCUT2D eigenvalue weighted by Crippen LogP contribution is -2.39. The van der Waals surface area contributed by atoms with Crippen molar-refractivity contribution in [3.8, 4) is 0 Å². The maximum Gasteiger partial charge on any atom is 0.191 e. The summed E-state index contributed by atoms with van der Waals surface area (Å²) in [6, 6.07) is 3.77. The van der Waals surface area contributed by atoms with Crippen molar-refractivity contribution < 1.29 is 13.9 Å². The van der Waals surface area contributed by atoms with Crippen LogP contribution in [0.5, 0.6) is 0 Å². The van der Waals surface area contributed by atoms with E-state index >= 15 is 0 Å². The minimum atomic E-state index is 0. The van der Waals surface area contributed by atoms with Gasteiger partial charge < -0.3 is 24.5 Å². The first-order chi connectivity index (χ1) is 11.2. The van der Waals surface area contributed by atoms with E-state index < -0.39 is 0 Å². The number of guanidine groups is 1. The molecular formula is C17H32IN3O3. The Labute approximate surface area is 162 Å². The van der Waals surface area contributed by atoms with Gasteiger partial charge in [0.05, 0.1) is 12.9 Å². The SMILES string of the molecule is CCNC(=NCCCOCc1ccco1)NCCOCC(C)C.I. The molecule has 2 N–H and O–H groups in total. The highest BCUT2D eigenvalue weighted by atomic mass is 127. The summed E-state index contributed by atoms with van der Waals surface area (Å²) in [6.07, 6.45) is 2.53. The zero-order valence-corrected chi connectivity index (χ0v) is 17.4. The van der Waals surface area contributed by atoms with Crippen molar-refractivity contribution in [3.63, 3.8) is 0 Å². The lowest BCUT2D eigenvalue weighted by atomic mass is 10.2. The van der Waals surface area contributed by atoms with E-state index in [1.807, 2.05) is 12.1 Å². The Morgan fingerprint density at radius 2 is 2.08 bits per heavy atom. The van der Waals surface area contributed by atoms with Crippen molar-refractivity contribution in [2.24, 2.45) is 10.9 Å². The van der Waals surface area contributed by atoms with Crippen LogP contribution in [0.3, 0.4) is 0 Å². The van der Waals surface area contributed by atoms with Crippen LogP contribution in [0.15, 0.2) is 27.8 Å². The molecule has 1 heterocycles. The smallest absolute Gasteiger partial charge is 0.191 e. The molecule has 0 aliphatic rings. The molecule has 0 saturated carbocycles. The predicted molar refractivity (Wildman–Crippen MR) is 108 cm³/mol. The minimum absolute atomic E-state index is 0. The van der Waals surface area contributed by atoms with E-state index in [-0.39, 0.29) is 24.0 Å². The van der Waals surface area contributed by atoms with Crippen LogP contribution in [0.25, 0.3) is 0 Å². The molecule has 0 aromatic carbocycles. The van der Waals surface area contributed by atoms with Crippen LogP contribution in [0, 0.1) is 5.92 Å². The monoisotopic (exact) mass is 453 g/mol. The molecule has 0 fully saturated rings. The van der Waals surface area contributed by atoms with Crippen LogP contribution in [0.4, 0.5) is 0 Å². The average molecular weight is 453 g/mol. The van der Waals surface area contributed by atoms with Crippen LogP contribution in [0.2, 0.25) is 0 Å². The summed E-state index contributed by atoms with van der Waals surface area (Å²) in [5.41, 5.74) is 0. The van der Waals surface area contributed by atoms with Crippen molar-refractivity contribution in [3.05, 3.63) is 24.2 Å². The summed E-state index contributed by atoms with van der Waals surface area (Å²) in [4.78, 5) is 4.52. The molecular weight excluding hydrogens is 421 g/mol. The predicted octanol–water partition coefficient (Wildman–Crippen LogP) is 3.03. The van der Waals surface area contributed by atoms with Crippen molar-refractivity contribution in [2.45, 2.75) is 33.8 Å². The van der Waals surface area contributed by atoms with Crippen molar-refractivity contribution in [2.75, 3.05) is 39.5 Å². The lowest BCUT2D eigenvalue weighted by molar-refractivity contribution is 0.105. The number of halogens is 1. The molecule has 7 heteroatoms. The van der Waals surface area contributed by atoms with Gasteiger partial charge in [-0.2, -0.15) is 0 Å². The van der Waals surface area contributed by atoms with Gasteiger partial charge in [0, 0.05) is 32.8 Å². The number of hydrogen-bond donors (Lipinski definition) is 2. The average Bonchev–Trinajstić information content (AvgIpc) is 3.03. The molecule has 140 valence electrons.